The van der Waals surface area contributed by atoms with Crippen molar-refractivity contribution in [3.63, 3.8) is 0 Å². The molecule has 0 atom stereocenters. The zero-order chi connectivity index (χ0) is 26.2. The van der Waals surface area contributed by atoms with Crippen LogP contribution in [0.4, 0.5) is 24.7 Å². The van der Waals surface area contributed by atoms with E-state index in [9.17, 15) is 22.8 Å². The van der Waals surface area contributed by atoms with Gasteiger partial charge in [0.25, 0.3) is 0 Å². The molecular weight excluding hydrogens is 479 g/mol. The Bertz CT molecular complexity index is 1660. The number of para-hydroxylation sites is 2. The molecule has 0 saturated heterocycles. The summed E-state index contributed by atoms with van der Waals surface area (Å²) in [5, 5.41) is 2.62. The Kier molecular flexibility index (Phi) is 6.09. The van der Waals surface area contributed by atoms with Crippen molar-refractivity contribution in [1.82, 2.24) is 9.55 Å². The number of hydrogen-bond donors (Lipinski definition) is 1. The number of Topliss-reactive ketones (excluding diaryl/α,β-unsaturated/α-hetero) is 1. The number of benzene rings is 3. The van der Waals surface area contributed by atoms with E-state index < -0.39 is 22.6 Å². The maximum atomic E-state index is 14.3. The lowest BCUT2D eigenvalue weighted by molar-refractivity contribution is -0.136. The number of carbonyl (C=O) groups excluding carboxylic acids is 1. The third kappa shape index (κ3) is 4.73. The number of rotatable bonds is 5. The first kappa shape index (κ1) is 24.0. The van der Waals surface area contributed by atoms with E-state index in [4.69, 9.17) is 0 Å². The van der Waals surface area contributed by atoms with E-state index in [0.717, 1.165) is 12.1 Å². The van der Waals surface area contributed by atoms with E-state index in [2.05, 4.69) is 10.3 Å². The summed E-state index contributed by atoms with van der Waals surface area (Å²) in [6.45, 7) is 1.41. The molecule has 0 aliphatic rings. The standard InChI is InChI=1S/C29H20F3N3O2/c1-18(36)19-12-14-20(15-13-19)24-16-23(29(30,31)32)27-25(37)17-26(33-21-8-4-2-5-9-21)35(28(27)34-24)22-10-6-3-7-11-22/h2-17,33H,1H3. The van der Waals surface area contributed by atoms with E-state index in [1.54, 1.807) is 66.7 Å². The predicted octanol–water partition coefficient (Wildman–Crippen LogP) is 7.02. The molecule has 5 rings (SSSR count). The topological polar surface area (TPSA) is 64.0 Å². The van der Waals surface area contributed by atoms with Gasteiger partial charge in [-0.25, -0.2) is 4.98 Å². The van der Waals surface area contributed by atoms with Gasteiger partial charge >= 0.3 is 6.18 Å². The third-order valence-corrected chi connectivity index (χ3v) is 5.92. The lowest BCUT2D eigenvalue weighted by atomic mass is 10.0. The number of ketones is 1. The molecule has 5 nitrogen and oxygen atoms in total. The van der Waals surface area contributed by atoms with Gasteiger partial charge in [0.1, 0.15) is 5.82 Å². The Morgan fingerprint density at radius 1 is 0.865 bits per heavy atom. The number of fused-ring (bicyclic) bond motifs is 1. The van der Waals surface area contributed by atoms with Crippen LogP contribution in [0, 0.1) is 0 Å². The van der Waals surface area contributed by atoms with Gasteiger partial charge in [0.15, 0.2) is 16.9 Å². The van der Waals surface area contributed by atoms with Crippen molar-refractivity contribution in [2.75, 3.05) is 5.32 Å². The van der Waals surface area contributed by atoms with Gasteiger partial charge in [-0.1, -0.05) is 60.7 Å². The Morgan fingerprint density at radius 2 is 1.49 bits per heavy atom. The van der Waals surface area contributed by atoms with Crippen LogP contribution in [-0.4, -0.2) is 15.3 Å². The number of aromatic nitrogens is 2. The van der Waals surface area contributed by atoms with Crippen LogP contribution >= 0.6 is 0 Å². The maximum absolute atomic E-state index is 14.3. The molecule has 8 heteroatoms. The highest BCUT2D eigenvalue weighted by atomic mass is 19.4. The molecule has 0 bridgehead atoms. The lowest BCUT2D eigenvalue weighted by Gasteiger charge is -2.20. The van der Waals surface area contributed by atoms with E-state index in [1.807, 2.05) is 6.07 Å². The highest BCUT2D eigenvalue weighted by Crippen LogP contribution is 2.37. The molecule has 2 aromatic heterocycles. The molecule has 0 fully saturated rings. The molecule has 184 valence electrons. The third-order valence-electron chi connectivity index (χ3n) is 5.92. The first-order valence-electron chi connectivity index (χ1n) is 11.4. The lowest BCUT2D eigenvalue weighted by Crippen LogP contribution is -2.18. The molecular formula is C29H20F3N3O2. The Morgan fingerprint density at radius 3 is 2.08 bits per heavy atom. The average molecular weight is 499 g/mol. The second-order valence-electron chi connectivity index (χ2n) is 8.44. The zero-order valence-corrected chi connectivity index (χ0v) is 19.6. The average Bonchev–Trinajstić information content (AvgIpc) is 2.89. The summed E-state index contributed by atoms with van der Waals surface area (Å²) < 4.78 is 44.4. The summed E-state index contributed by atoms with van der Waals surface area (Å²) in [4.78, 5) is 29.4. The largest absolute Gasteiger partial charge is 0.417 e. The molecule has 0 unspecified atom stereocenters. The fraction of sp³-hybridized carbons (Fsp3) is 0.0690. The Hall–Kier alpha value is -4.72. The minimum absolute atomic E-state index is 0.0240. The molecule has 1 N–H and O–H groups in total. The Balaban J connectivity index is 1.86. The molecule has 0 aliphatic carbocycles. The van der Waals surface area contributed by atoms with Gasteiger partial charge in [0.2, 0.25) is 0 Å². The summed E-state index contributed by atoms with van der Waals surface area (Å²) in [6, 6.07) is 25.9. The van der Waals surface area contributed by atoms with Crippen LogP contribution in [0.3, 0.4) is 0 Å². The zero-order valence-electron chi connectivity index (χ0n) is 19.6. The molecule has 3 aromatic carbocycles. The van der Waals surface area contributed by atoms with Crippen molar-refractivity contribution >= 4 is 28.3 Å². The summed E-state index contributed by atoms with van der Waals surface area (Å²) in [5.41, 5.74) is -0.0212. The number of alkyl halides is 3. The fourth-order valence-electron chi connectivity index (χ4n) is 4.16. The van der Waals surface area contributed by atoms with Crippen LogP contribution in [0.25, 0.3) is 28.0 Å². The van der Waals surface area contributed by atoms with E-state index >= 15 is 0 Å². The number of nitrogens with one attached hydrogen (secondary N) is 1. The number of halogens is 3. The van der Waals surface area contributed by atoms with Crippen molar-refractivity contribution < 1.29 is 18.0 Å². The smallest absolute Gasteiger partial charge is 0.341 e. The Labute approximate surface area is 209 Å². The summed E-state index contributed by atoms with van der Waals surface area (Å²) in [7, 11) is 0. The number of carbonyl (C=O) groups is 1. The monoisotopic (exact) mass is 499 g/mol. The molecule has 2 heterocycles. The van der Waals surface area contributed by atoms with E-state index in [-0.39, 0.29) is 22.9 Å². The van der Waals surface area contributed by atoms with Crippen molar-refractivity contribution in [3.05, 3.63) is 118 Å². The van der Waals surface area contributed by atoms with Gasteiger partial charge in [-0.05, 0) is 37.3 Å². The predicted molar refractivity (Wildman–Crippen MR) is 138 cm³/mol. The second-order valence-corrected chi connectivity index (χ2v) is 8.44. The maximum Gasteiger partial charge on any atom is 0.417 e. The second kappa shape index (κ2) is 9.39. The molecule has 0 aliphatic heterocycles. The van der Waals surface area contributed by atoms with Crippen molar-refractivity contribution in [3.8, 4) is 16.9 Å². The highest BCUT2D eigenvalue weighted by Gasteiger charge is 2.35. The van der Waals surface area contributed by atoms with Crippen LogP contribution in [-0.2, 0) is 6.18 Å². The molecule has 0 amide bonds. The number of hydrogen-bond acceptors (Lipinski definition) is 4. The molecule has 0 radical (unpaired) electrons. The van der Waals surface area contributed by atoms with Gasteiger partial charge < -0.3 is 5.32 Å². The van der Waals surface area contributed by atoms with Crippen LogP contribution in [0.2, 0.25) is 0 Å². The van der Waals surface area contributed by atoms with Gasteiger partial charge in [0.05, 0.1) is 16.6 Å². The number of pyridine rings is 2. The van der Waals surface area contributed by atoms with Gasteiger partial charge in [0, 0.05) is 28.6 Å². The SMILES string of the molecule is CC(=O)c1ccc(-c2cc(C(F)(F)F)c3c(=O)cc(Nc4ccccc4)n(-c4ccccc4)c3n2)cc1. The van der Waals surface area contributed by atoms with Gasteiger partial charge in [-0.3, -0.25) is 14.2 Å². The van der Waals surface area contributed by atoms with E-state index in [0.29, 0.717) is 22.5 Å². The van der Waals surface area contributed by atoms with Crippen LogP contribution in [0.15, 0.2) is 102 Å². The van der Waals surface area contributed by atoms with Crippen molar-refractivity contribution in [2.24, 2.45) is 0 Å². The van der Waals surface area contributed by atoms with Crippen LogP contribution < -0.4 is 10.7 Å². The molecule has 5 aromatic rings. The molecule has 0 spiro atoms. The summed E-state index contributed by atoms with van der Waals surface area (Å²) >= 11 is 0. The van der Waals surface area contributed by atoms with Gasteiger partial charge in [-0.2, -0.15) is 13.2 Å². The minimum Gasteiger partial charge on any atom is -0.341 e. The first-order valence-corrected chi connectivity index (χ1v) is 11.4. The van der Waals surface area contributed by atoms with Crippen LogP contribution in [0.5, 0.6) is 0 Å². The molecule has 0 saturated carbocycles. The quantitative estimate of drug-likeness (QED) is 0.264. The minimum atomic E-state index is -4.81. The number of nitrogens with zero attached hydrogens (tertiary/aromatic N) is 2. The highest BCUT2D eigenvalue weighted by molar-refractivity contribution is 5.94. The van der Waals surface area contributed by atoms with Gasteiger partial charge in [-0.15, -0.1) is 0 Å². The van der Waals surface area contributed by atoms with Crippen molar-refractivity contribution in [2.45, 2.75) is 13.1 Å². The van der Waals surface area contributed by atoms with E-state index in [1.165, 1.54) is 23.6 Å². The summed E-state index contributed by atoms with van der Waals surface area (Å²) in [6.07, 6.45) is -4.81. The van der Waals surface area contributed by atoms with Crippen molar-refractivity contribution in [1.29, 1.82) is 0 Å². The normalized spacial score (nSPS) is 11.5. The fourth-order valence-corrected chi connectivity index (χ4v) is 4.16. The molecule has 37 heavy (non-hydrogen) atoms. The number of anilines is 2. The summed E-state index contributed by atoms with van der Waals surface area (Å²) in [5.74, 6) is 0.100. The first-order chi connectivity index (χ1) is 17.7. The van der Waals surface area contributed by atoms with Crippen LogP contribution in [0.1, 0.15) is 22.8 Å².